The molecule has 3 heteroatoms. The number of phenols is 1. The maximum atomic E-state index is 9.70. The topological polar surface area (TPSA) is 32.3 Å². The molecule has 2 N–H and O–H groups in total. The predicted octanol–water partition coefficient (Wildman–Crippen LogP) is 4.18. The van der Waals surface area contributed by atoms with Crippen LogP contribution in [-0.2, 0) is 6.42 Å². The molecule has 0 saturated heterocycles. The second kappa shape index (κ2) is 5.35. The lowest BCUT2D eigenvalue weighted by Crippen LogP contribution is -2.27. The van der Waals surface area contributed by atoms with Gasteiger partial charge >= 0.3 is 0 Å². The molecule has 0 amide bonds. The van der Waals surface area contributed by atoms with Gasteiger partial charge in [0, 0.05) is 17.0 Å². The zero-order valence-electron chi connectivity index (χ0n) is 11.1. The number of fused-ring (bicyclic) bond motifs is 1. The maximum absolute atomic E-state index is 9.70. The predicted molar refractivity (Wildman–Crippen MR) is 79.7 cm³/mol. The molecule has 0 spiro atoms. The van der Waals surface area contributed by atoms with Gasteiger partial charge in [-0.1, -0.05) is 12.1 Å². The van der Waals surface area contributed by atoms with Gasteiger partial charge in [0.25, 0.3) is 0 Å². The zero-order chi connectivity index (χ0) is 13.2. The molecule has 0 bridgehead atoms. The van der Waals surface area contributed by atoms with E-state index in [1.807, 2.05) is 6.07 Å². The van der Waals surface area contributed by atoms with Crippen molar-refractivity contribution < 1.29 is 5.11 Å². The molecule has 3 rings (SSSR count). The van der Waals surface area contributed by atoms with Gasteiger partial charge in [-0.3, -0.25) is 0 Å². The minimum atomic E-state index is 0.355. The number of phenolic OH excluding ortho intramolecular Hbond substituents is 1. The van der Waals surface area contributed by atoms with Crippen molar-refractivity contribution in [1.29, 1.82) is 0 Å². The normalized spacial score (nSPS) is 19.9. The van der Waals surface area contributed by atoms with Crippen molar-refractivity contribution in [2.45, 2.75) is 38.3 Å². The molecule has 2 aromatic rings. The van der Waals surface area contributed by atoms with Crippen LogP contribution in [0.1, 0.15) is 47.9 Å². The van der Waals surface area contributed by atoms with Crippen molar-refractivity contribution >= 4 is 11.3 Å². The van der Waals surface area contributed by atoms with E-state index in [1.165, 1.54) is 22.4 Å². The summed E-state index contributed by atoms with van der Waals surface area (Å²) in [6.45, 7) is 2.21. The summed E-state index contributed by atoms with van der Waals surface area (Å²) in [5.74, 6) is 0.372. The largest absolute Gasteiger partial charge is 0.508 e. The van der Waals surface area contributed by atoms with Crippen molar-refractivity contribution in [3.63, 3.8) is 0 Å². The fraction of sp³-hybridized carbons (Fsp3) is 0.375. The fourth-order valence-electron chi connectivity index (χ4n) is 2.88. The summed E-state index contributed by atoms with van der Waals surface area (Å²) >= 11 is 1.79. The molecular formula is C16H19NOS. The fourth-order valence-corrected chi connectivity index (χ4v) is 3.62. The third-order valence-electron chi connectivity index (χ3n) is 3.86. The van der Waals surface area contributed by atoms with Gasteiger partial charge in [-0.15, -0.1) is 11.3 Å². The molecule has 2 unspecified atom stereocenters. The average molecular weight is 273 g/mol. The summed E-state index contributed by atoms with van der Waals surface area (Å²) < 4.78 is 0. The Morgan fingerprint density at radius 3 is 3.05 bits per heavy atom. The number of benzene rings is 1. The summed E-state index contributed by atoms with van der Waals surface area (Å²) in [5, 5.41) is 15.5. The summed E-state index contributed by atoms with van der Waals surface area (Å²) in [5.41, 5.74) is 2.65. The molecular weight excluding hydrogens is 254 g/mol. The van der Waals surface area contributed by atoms with Gasteiger partial charge in [0.2, 0.25) is 0 Å². The highest BCUT2D eigenvalue weighted by atomic mass is 32.1. The van der Waals surface area contributed by atoms with E-state index in [0.717, 1.165) is 12.8 Å². The highest BCUT2D eigenvalue weighted by Gasteiger charge is 2.22. The van der Waals surface area contributed by atoms with E-state index in [4.69, 9.17) is 0 Å². The summed E-state index contributed by atoms with van der Waals surface area (Å²) in [6, 6.07) is 10.8. The van der Waals surface area contributed by atoms with Crippen molar-refractivity contribution in [2.75, 3.05) is 0 Å². The molecule has 1 aromatic carbocycles. The van der Waals surface area contributed by atoms with Crippen LogP contribution in [0.2, 0.25) is 0 Å². The zero-order valence-corrected chi connectivity index (χ0v) is 11.9. The Kier molecular flexibility index (Phi) is 3.58. The smallest absolute Gasteiger partial charge is 0.115 e. The van der Waals surface area contributed by atoms with Crippen LogP contribution in [-0.4, -0.2) is 5.11 Å². The van der Waals surface area contributed by atoms with Crippen LogP contribution in [0.5, 0.6) is 5.75 Å². The van der Waals surface area contributed by atoms with Crippen LogP contribution in [0, 0.1) is 0 Å². The quantitative estimate of drug-likeness (QED) is 0.879. The van der Waals surface area contributed by atoms with E-state index >= 15 is 0 Å². The number of nitrogens with one attached hydrogen (secondary N) is 1. The molecule has 0 fully saturated rings. The SMILES string of the molecule is CC(NC1CCCc2ccc(O)cc21)c1cccs1. The van der Waals surface area contributed by atoms with Gasteiger partial charge in [-0.25, -0.2) is 0 Å². The highest BCUT2D eigenvalue weighted by Crippen LogP contribution is 2.34. The lowest BCUT2D eigenvalue weighted by atomic mass is 9.87. The molecule has 0 aliphatic heterocycles. The van der Waals surface area contributed by atoms with E-state index in [0.29, 0.717) is 17.8 Å². The molecule has 1 heterocycles. The molecule has 1 aliphatic rings. The molecule has 1 aromatic heterocycles. The third-order valence-corrected chi connectivity index (χ3v) is 4.92. The van der Waals surface area contributed by atoms with E-state index in [1.54, 1.807) is 17.4 Å². The molecule has 2 atom stereocenters. The maximum Gasteiger partial charge on any atom is 0.115 e. The number of thiophene rings is 1. The standard InChI is InChI=1S/C16H19NOS/c1-11(16-6-3-9-19-16)17-15-5-2-4-12-7-8-13(18)10-14(12)15/h3,6-11,15,17-18H,2,4-5H2,1H3. The van der Waals surface area contributed by atoms with Gasteiger partial charge in [0.05, 0.1) is 0 Å². The Labute approximate surface area is 118 Å². The number of aromatic hydroxyl groups is 1. The molecule has 0 saturated carbocycles. The average Bonchev–Trinajstić information content (AvgIpc) is 2.93. The number of hydrogen-bond acceptors (Lipinski definition) is 3. The summed E-state index contributed by atoms with van der Waals surface area (Å²) in [6.07, 6.45) is 3.49. The van der Waals surface area contributed by atoms with E-state index in [-0.39, 0.29) is 0 Å². The van der Waals surface area contributed by atoms with Crippen molar-refractivity contribution in [3.05, 3.63) is 51.7 Å². The number of hydrogen-bond donors (Lipinski definition) is 2. The van der Waals surface area contributed by atoms with Crippen LogP contribution in [0.15, 0.2) is 35.7 Å². The lowest BCUT2D eigenvalue weighted by molar-refractivity contribution is 0.413. The minimum absolute atomic E-state index is 0.355. The Hall–Kier alpha value is -1.32. The number of rotatable bonds is 3. The minimum Gasteiger partial charge on any atom is -0.508 e. The van der Waals surface area contributed by atoms with Crippen molar-refractivity contribution in [1.82, 2.24) is 5.32 Å². The van der Waals surface area contributed by atoms with Gasteiger partial charge in [-0.2, -0.15) is 0 Å². The van der Waals surface area contributed by atoms with E-state index in [9.17, 15) is 5.11 Å². The Bertz CT molecular complexity index is 550. The van der Waals surface area contributed by atoms with Crippen LogP contribution < -0.4 is 5.32 Å². The second-order valence-electron chi connectivity index (χ2n) is 5.23. The second-order valence-corrected chi connectivity index (χ2v) is 6.21. The van der Waals surface area contributed by atoms with Gasteiger partial charge in [0.1, 0.15) is 5.75 Å². The van der Waals surface area contributed by atoms with Crippen LogP contribution in [0.25, 0.3) is 0 Å². The van der Waals surface area contributed by atoms with Crippen LogP contribution >= 0.6 is 11.3 Å². The molecule has 2 nitrogen and oxygen atoms in total. The molecule has 0 radical (unpaired) electrons. The van der Waals surface area contributed by atoms with E-state index in [2.05, 4.69) is 35.8 Å². The van der Waals surface area contributed by atoms with Gasteiger partial charge in [0.15, 0.2) is 0 Å². The number of aryl methyl sites for hydroxylation is 1. The third kappa shape index (κ3) is 2.67. The monoisotopic (exact) mass is 273 g/mol. The van der Waals surface area contributed by atoms with E-state index < -0.39 is 0 Å². The van der Waals surface area contributed by atoms with Crippen LogP contribution in [0.3, 0.4) is 0 Å². The Morgan fingerprint density at radius 1 is 1.37 bits per heavy atom. The Balaban J connectivity index is 1.81. The first-order valence-corrected chi connectivity index (χ1v) is 7.73. The summed E-state index contributed by atoms with van der Waals surface area (Å²) in [7, 11) is 0. The Morgan fingerprint density at radius 2 is 2.26 bits per heavy atom. The van der Waals surface area contributed by atoms with Gasteiger partial charge in [-0.05, 0) is 60.9 Å². The first-order chi connectivity index (χ1) is 9.24. The summed E-state index contributed by atoms with van der Waals surface area (Å²) in [4.78, 5) is 1.37. The molecule has 19 heavy (non-hydrogen) atoms. The first kappa shape index (κ1) is 12.7. The van der Waals surface area contributed by atoms with Crippen molar-refractivity contribution in [3.8, 4) is 5.75 Å². The first-order valence-electron chi connectivity index (χ1n) is 6.85. The molecule has 100 valence electrons. The molecule has 1 aliphatic carbocycles. The van der Waals surface area contributed by atoms with Gasteiger partial charge < -0.3 is 10.4 Å². The lowest BCUT2D eigenvalue weighted by Gasteiger charge is -2.29. The highest BCUT2D eigenvalue weighted by molar-refractivity contribution is 7.10. The van der Waals surface area contributed by atoms with Crippen molar-refractivity contribution in [2.24, 2.45) is 0 Å². The van der Waals surface area contributed by atoms with Crippen LogP contribution in [0.4, 0.5) is 0 Å².